The first-order valence-corrected chi connectivity index (χ1v) is 4.85. The average Bonchev–Trinajstić information content (AvgIpc) is 2.54. The Kier molecular flexibility index (Phi) is 2.48. The van der Waals surface area contributed by atoms with E-state index in [4.69, 9.17) is 4.42 Å². The van der Waals surface area contributed by atoms with Gasteiger partial charge in [0.15, 0.2) is 4.67 Å². The van der Waals surface area contributed by atoms with Crippen molar-refractivity contribution in [3.63, 3.8) is 0 Å². The van der Waals surface area contributed by atoms with Crippen molar-refractivity contribution in [2.24, 2.45) is 0 Å². The fourth-order valence-corrected chi connectivity index (χ4v) is 1.69. The molecule has 12 heavy (non-hydrogen) atoms. The van der Waals surface area contributed by atoms with Crippen LogP contribution in [0.5, 0.6) is 0 Å². The van der Waals surface area contributed by atoms with Gasteiger partial charge in [-0.25, -0.2) is 0 Å². The Balaban J connectivity index is 2.08. The van der Waals surface area contributed by atoms with Gasteiger partial charge in [-0.3, -0.25) is 0 Å². The van der Waals surface area contributed by atoms with Crippen LogP contribution >= 0.6 is 15.9 Å². The highest BCUT2D eigenvalue weighted by Gasteiger charge is 2.16. The van der Waals surface area contributed by atoms with Crippen LogP contribution in [-0.4, -0.2) is 19.6 Å². The lowest BCUT2D eigenvalue weighted by Gasteiger charge is -2.22. The zero-order valence-corrected chi connectivity index (χ0v) is 8.23. The molecule has 1 saturated heterocycles. The summed E-state index contributed by atoms with van der Waals surface area (Å²) in [5, 5.41) is 6.68. The fraction of sp³-hybridized carbons (Fsp3) is 0.500. The molecule has 3 nitrogen and oxygen atoms in total. The van der Waals surface area contributed by atoms with Crippen LogP contribution in [0.3, 0.4) is 0 Å². The molecule has 4 heteroatoms. The van der Waals surface area contributed by atoms with Crippen LogP contribution < -0.4 is 10.6 Å². The van der Waals surface area contributed by atoms with Gasteiger partial charge < -0.3 is 15.1 Å². The maximum absolute atomic E-state index is 5.44. The molecule has 0 aliphatic carbocycles. The summed E-state index contributed by atoms with van der Waals surface area (Å²) in [4.78, 5) is 0. The molecule has 2 N–H and O–H groups in total. The first-order valence-electron chi connectivity index (χ1n) is 4.05. The monoisotopic (exact) mass is 230 g/mol. The molecule has 0 saturated carbocycles. The van der Waals surface area contributed by atoms with Gasteiger partial charge in [0.05, 0.1) is 6.04 Å². The number of nitrogens with one attached hydrogen (secondary N) is 2. The quantitative estimate of drug-likeness (QED) is 0.764. The lowest BCUT2D eigenvalue weighted by Crippen LogP contribution is -2.42. The minimum absolute atomic E-state index is 0.324. The van der Waals surface area contributed by atoms with E-state index in [1.807, 2.05) is 12.1 Å². The SMILES string of the molecule is Brc1ccc(C2CNCCN2)o1. The molecule has 2 rings (SSSR count). The summed E-state index contributed by atoms with van der Waals surface area (Å²) in [6.07, 6.45) is 0. The zero-order valence-electron chi connectivity index (χ0n) is 6.64. The van der Waals surface area contributed by atoms with Crippen molar-refractivity contribution in [1.82, 2.24) is 10.6 Å². The van der Waals surface area contributed by atoms with E-state index in [0.717, 1.165) is 30.1 Å². The van der Waals surface area contributed by atoms with Crippen LogP contribution in [-0.2, 0) is 0 Å². The van der Waals surface area contributed by atoms with Gasteiger partial charge in [-0.15, -0.1) is 0 Å². The lowest BCUT2D eigenvalue weighted by molar-refractivity contribution is 0.357. The first kappa shape index (κ1) is 8.29. The molecule has 0 aromatic carbocycles. The number of hydrogen-bond donors (Lipinski definition) is 2. The Morgan fingerprint density at radius 2 is 2.33 bits per heavy atom. The predicted octanol–water partition coefficient (Wildman–Crippen LogP) is 1.28. The van der Waals surface area contributed by atoms with Crippen LogP contribution in [0.1, 0.15) is 11.8 Å². The topological polar surface area (TPSA) is 37.2 Å². The number of piperazine rings is 1. The normalized spacial score (nSPS) is 24.2. The summed E-state index contributed by atoms with van der Waals surface area (Å²) in [6, 6.07) is 4.24. The second-order valence-electron chi connectivity index (χ2n) is 2.85. The van der Waals surface area contributed by atoms with Crippen molar-refractivity contribution in [1.29, 1.82) is 0 Å². The summed E-state index contributed by atoms with van der Waals surface area (Å²) in [6.45, 7) is 2.99. The van der Waals surface area contributed by atoms with E-state index in [1.165, 1.54) is 0 Å². The third-order valence-corrected chi connectivity index (χ3v) is 2.40. The molecular formula is C8H11BrN2O. The maximum atomic E-state index is 5.44. The van der Waals surface area contributed by atoms with E-state index in [1.54, 1.807) is 0 Å². The molecule has 0 amide bonds. The second-order valence-corrected chi connectivity index (χ2v) is 3.63. The molecule has 0 bridgehead atoms. The van der Waals surface area contributed by atoms with E-state index >= 15 is 0 Å². The molecule has 1 aromatic rings. The van der Waals surface area contributed by atoms with Crippen LogP contribution in [0.2, 0.25) is 0 Å². The highest BCUT2D eigenvalue weighted by Crippen LogP contribution is 2.20. The van der Waals surface area contributed by atoms with Crippen LogP contribution in [0, 0.1) is 0 Å². The average molecular weight is 231 g/mol. The Bertz CT molecular complexity index is 255. The van der Waals surface area contributed by atoms with E-state index in [9.17, 15) is 0 Å². The van der Waals surface area contributed by atoms with Crippen LogP contribution in [0.25, 0.3) is 0 Å². The number of rotatable bonds is 1. The molecule has 66 valence electrons. The smallest absolute Gasteiger partial charge is 0.169 e. The van der Waals surface area contributed by atoms with Gasteiger partial charge in [0.25, 0.3) is 0 Å². The first-order chi connectivity index (χ1) is 5.86. The summed E-state index contributed by atoms with van der Waals surface area (Å²) in [7, 11) is 0. The molecule has 1 aliphatic rings. The van der Waals surface area contributed by atoms with E-state index in [2.05, 4.69) is 26.6 Å². The molecule has 1 unspecified atom stereocenters. The number of furan rings is 1. The van der Waals surface area contributed by atoms with E-state index in [-0.39, 0.29) is 0 Å². The lowest BCUT2D eigenvalue weighted by atomic mass is 10.2. The number of halogens is 1. The molecule has 0 spiro atoms. The van der Waals surface area contributed by atoms with Crippen molar-refractivity contribution >= 4 is 15.9 Å². The highest BCUT2D eigenvalue weighted by atomic mass is 79.9. The molecule has 0 radical (unpaired) electrons. The third-order valence-electron chi connectivity index (χ3n) is 1.98. The van der Waals surface area contributed by atoms with E-state index < -0.39 is 0 Å². The number of hydrogen-bond acceptors (Lipinski definition) is 3. The van der Waals surface area contributed by atoms with E-state index in [0.29, 0.717) is 6.04 Å². The minimum Gasteiger partial charge on any atom is -0.453 e. The van der Waals surface area contributed by atoms with Crippen molar-refractivity contribution in [2.75, 3.05) is 19.6 Å². The standard InChI is InChI=1S/C8H11BrN2O/c9-8-2-1-7(12-8)6-5-10-3-4-11-6/h1-2,6,10-11H,3-5H2. The van der Waals surface area contributed by atoms with Gasteiger partial charge in [0, 0.05) is 19.6 Å². The Morgan fingerprint density at radius 3 is 2.92 bits per heavy atom. The van der Waals surface area contributed by atoms with Crippen molar-refractivity contribution in [3.05, 3.63) is 22.6 Å². The summed E-state index contributed by atoms with van der Waals surface area (Å²) >= 11 is 3.28. The fourth-order valence-electron chi connectivity index (χ4n) is 1.37. The van der Waals surface area contributed by atoms with Gasteiger partial charge in [-0.2, -0.15) is 0 Å². The van der Waals surface area contributed by atoms with Crippen molar-refractivity contribution in [3.8, 4) is 0 Å². The third kappa shape index (κ3) is 1.71. The summed E-state index contributed by atoms with van der Waals surface area (Å²) in [5.41, 5.74) is 0. The van der Waals surface area contributed by atoms with Gasteiger partial charge in [0.1, 0.15) is 5.76 Å². The van der Waals surface area contributed by atoms with Gasteiger partial charge in [-0.1, -0.05) is 0 Å². The molecule has 2 heterocycles. The van der Waals surface area contributed by atoms with Crippen LogP contribution in [0.4, 0.5) is 0 Å². The Labute approximate surface area is 79.6 Å². The predicted molar refractivity (Wildman–Crippen MR) is 50.0 cm³/mol. The summed E-state index contributed by atoms with van der Waals surface area (Å²) in [5.74, 6) is 0.995. The van der Waals surface area contributed by atoms with Crippen molar-refractivity contribution < 1.29 is 4.42 Å². The second kappa shape index (κ2) is 3.60. The van der Waals surface area contributed by atoms with Gasteiger partial charge in [-0.05, 0) is 28.1 Å². The molecule has 1 aromatic heterocycles. The molecular weight excluding hydrogens is 220 g/mol. The Morgan fingerprint density at radius 1 is 1.42 bits per heavy atom. The zero-order chi connectivity index (χ0) is 8.39. The minimum atomic E-state index is 0.324. The molecule has 1 fully saturated rings. The summed E-state index contributed by atoms with van der Waals surface area (Å²) < 4.78 is 6.23. The van der Waals surface area contributed by atoms with Crippen LogP contribution in [0.15, 0.2) is 21.2 Å². The van der Waals surface area contributed by atoms with Gasteiger partial charge >= 0.3 is 0 Å². The highest BCUT2D eigenvalue weighted by molar-refractivity contribution is 9.10. The largest absolute Gasteiger partial charge is 0.453 e. The maximum Gasteiger partial charge on any atom is 0.169 e. The Hall–Kier alpha value is -0.320. The molecule has 1 atom stereocenters. The van der Waals surface area contributed by atoms with Gasteiger partial charge in [0.2, 0.25) is 0 Å². The van der Waals surface area contributed by atoms with Crippen molar-refractivity contribution in [2.45, 2.75) is 6.04 Å². The molecule has 1 aliphatic heterocycles.